The lowest BCUT2D eigenvalue weighted by Crippen LogP contribution is -2.43. The molecule has 0 spiro atoms. The average Bonchev–Trinajstić information content (AvgIpc) is 2.84. The Kier molecular flexibility index (Phi) is 5.22. The van der Waals surface area contributed by atoms with Crippen molar-refractivity contribution in [2.45, 2.75) is 78.1 Å². The number of anilines is 1. The first-order valence-corrected chi connectivity index (χ1v) is 11.0. The lowest BCUT2D eigenvalue weighted by atomic mass is 9.59. The maximum atomic E-state index is 13.3. The molecular formula is C24H35NO2. The number of methoxy groups -OCH3 is 1. The number of hydrogen-bond donors (Lipinski definition) is 1. The van der Waals surface area contributed by atoms with Crippen LogP contribution in [0, 0.1) is 23.2 Å². The minimum absolute atomic E-state index is 0.193. The first-order chi connectivity index (χ1) is 13.0. The Balaban J connectivity index is 1.55. The highest BCUT2D eigenvalue weighted by molar-refractivity contribution is 5.96. The molecule has 3 unspecified atom stereocenters. The smallest absolute Gasteiger partial charge is 0.230 e. The van der Waals surface area contributed by atoms with Crippen molar-refractivity contribution in [3.63, 3.8) is 0 Å². The van der Waals surface area contributed by atoms with Gasteiger partial charge < -0.3 is 10.1 Å². The molecule has 0 aromatic heterocycles. The van der Waals surface area contributed by atoms with E-state index in [9.17, 15) is 4.79 Å². The maximum absolute atomic E-state index is 13.3. The molecule has 2 saturated carbocycles. The number of rotatable bonds is 3. The fraction of sp³-hybridized carbons (Fsp3) is 0.708. The van der Waals surface area contributed by atoms with Gasteiger partial charge in [0.2, 0.25) is 5.91 Å². The van der Waals surface area contributed by atoms with Crippen molar-refractivity contribution in [2.24, 2.45) is 23.2 Å². The molecule has 1 N–H and O–H groups in total. The highest BCUT2D eigenvalue weighted by Crippen LogP contribution is 2.50. The summed E-state index contributed by atoms with van der Waals surface area (Å²) in [5, 5.41) is 3.28. The summed E-state index contributed by atoms with van der Waals surface area (Å²) in [7, 11) is 1.71. The van der Waals surface area contributed by atoms with Crippen molar-refractivity contribution in [3.05, 3.63) is 23.3 Å². The summed E-state index contributed by atoms with van der Waals surface area (Å²) < 4.78 is 5.65. The van der Waals surface area contributed by atoms with Crippen molar-refractivity contribution in [3.8, 4) is 5.75 Å². The highest BCUT2D eigenvalue weighted by Gasteiger charge is 2.45. The van der Waals surface area contributed by atoms with E-state index < -0.39 is 0 Å². The van der Waals surface area contributed by atoms with E-state index in [1.165, 1.54) is 49.7 Å². The van der Waals surface area contributed by atoms with Crippen LogP contribution in [-0.4, -0.2) is 13.0 Å². The van der Waals surface area contributed by atoms with Crippen molar-refractivity contribution in [2.75, 3.05) is 12.4 Å². The van der Waals surface area contributed by atoms with Gasteiger partial charge in [-0.3, -0.25) is 4.79 Å². The van der Waals surface area contributed by atoms with E-state index in [0.717, 1.165) is 54.9 Å². The van der Waals surface area contributed by atoms with Gasteiger partial charge in [-0.1, -0.05) is 20.3 Å². The van der Waals surface area contributed by atoms with Crippen LogP contribution in [0.3, 0.4) is 0 Å². The van der Waals surface area contributed by atoms with Gasteiger partial charge in [0.25, 0.3) is 0 Å². The molecule has 3 nitrogen and oxygen atoms in total. The Morgan fingerprint density at radius 2 is 1.67 bits per heavy atom. The van der Waals surface area contributed by atoms with Crippen LogP contribution in [0.4, 0.5) is 5.69 Å². The van der Waals surface area contributed by atoms with Gasteiger partial charge in [-0.2, -0.15) is 0 Å². The zero-order valence-corrected chi connectivity index (χ0v) is 17.3. The van der Waals surface area contributed by atoms with Crippen LogP contribution in [0.15, 0.2) is 12.1 Å². The third kappa shape index (κ3) is 3.88. The summed E-state index contributed by atoms with van der Waals surface area (Å²) in [5.41, 5.74) is 3.41. The molecule has 1 aromatic carbocycles. The number of amides is 1. The maximum Gasteiger partial charge on any atom is 0.230 e. The van der Waals surface area contributed by atoms with Gasteiger partial charge in [0.15, 0.2) is 0 Å². The van der Waals surface area contributed by atoms with E-state index in [1.54, 1.807) is 7.11 Å². The van der Waals surface area contributed by atoms with E-state index in [0.29, 0.717) is 0 Å². The molecule has 3 aliphatic carbocycles. The molecule has 3 heteroatoms. The lowest BCUT2D eigenvalue weighted by Gasteiger charge is -2.46. The van der Waals surface area contributed by atoms with E-state index in [2.05, 4.69) is 31.3 Å². The standard InChI is InChI=1S/C24H35NO2/c1-16-9-17-11-18(10-16)15-24(2,14-17)23(26)25-21-12-19-7-5-4-6-8-20(19)13-22(21)27-3/h12-13,16-18H,4-11,14-15H2,1-3H3,(H,25,26)/t16?,17-,18?,24?/m0/s1. The van der Waals surface area contributed by atoms with Gasteiger partial charge in [-0.15, -0.1) is 0 Å². The summed E-state index contributed by atoms with van der Waals surface area (Å²) in [6.45, 7) is 4.57. The molecule has 148 valence electrons. The number of carbonyl (C=O) groups excluding carboxylic acids is 1. The molecule has 4 atom stereocenters. The van der Waals surface area contributed by atoms with Gasteiger partial charge in [-0.25, -0.2) is 0 Å². The molecule has 0 saturated heterocycles. The average molecular weight is 370 g/mol. The van der Waals surface area contributed by atoms with Crippen LogP contribution in [0.5, 0.6) is 5.75 Å². The van der Waals surface area contributed by atoms with Crippen LogP contribution in [-0.2, 0) is 17.6 Å². The van der Waals surface area contributed by atoms with Crippen LogP contribution in [0.1, 0.15) is 76.3 Å². The van der Waals surface area contributed by atoms with E-state index in [1.807, 2.05) is 0 Å². The summed E-state index contributed by atoms with van der Waals surface area (Å²) >= 11 is 0. The van der Waals surface area contributed by atoms with E-state index in [4.69, 9.17) is 4.74 Å². The Labute approximate surface area is 164 Å². The molecule has 2 fully saturated rings. The van der Waals surface area contributed by atoms with E-state index in [-0.39, 0.29) is 11.3 Å². The quantitative estimate of drug-likeness (QED) is 0.688. The molecule has 0 radical (unpaired) electrons. The van der Waals surface area contributed by atoms with Crippen molar-refractivity contribution in [1.82, 2.24) is 0 Å². The molecular weight excluding hydrogens is 334 g/mol. The number of nitrogens with one attached hydrogen (secondary N) is 1. The molecule has 1 aromatic rings. The monoisotopic (exact) mass is 369 g/mol. The number of aryl methyl sites for hydroxylation is 2. The van der Waals surface area contributed by atoms with Crippen LogP contribution in [0.25, 0.3) is 0 Å². The Morgan fingerprint density at radius 3 is 2.30 bits per heavy atom. The fourth-order valence-electron chi connectivity index (χ4n) is 6.25. The lowest BCUT2D eigenvalue weighted by molar-refractivity contribution is -0.129. The van der Waals surface area contributed by atoms with Crippen LogP contribution >= 0.6 is 0 Å². The third-order valence-electron chi connectivity index (χ3n) is 7.33. The first-order valence-electron chi connectivity index (χ1n) is 11.0. The third-order valence-corrected chi connectivity index (χ3v) is 7.33. The minimum atomic E-state index is -0.245. The molecule has 4 rings (SSSR count). The predicted octanol–water partition coefficient (Wildman–Crippen LogP) is 5.76. The number of fused-ring (bicyclic) bond motifs is 3. The Morgan fingerprint density at radius 1 is 1.04 bits per heavy atom. The Hall–Kier alpha value is -1.51. The van der Waals surface area contributed by atoms with Gasteiger partial charge in [0.05, 0.1) is 12.8 Å². The van der Waals surface area contributed by atoms with Crippen molar-refractivity contribution < 1.29 is 9.53 Å². The zero-order chi connectivity index (χ0) is 19.0. The largest absolute Gasteiger partial charge is 0.495 e. The highest BCUT2D eigenvalue weighted by atomic mass is 16.5. The number of carbonyl (C=O) groups is 1. The normalized spacial score (nSPS) is 32.9. The Bertz CT molecular complexity index is 693. The fourth-order valence-corrected chi connectivity index (χ4v) is 6.25. The molecule has 0 heterocycles. The van der Waals surface area contributed by atoms with Crippen molar-refractivity contribution >= 4 is 11.6 Å². The molecule has 2 bridgehead atoms. The number of ether oxygens (including phenoxy) is 1. The summed E-state index contributed by atoms with van der Waals surface area (Å²) in [4.78, 5) is 13.3. The minimum Gasteiger partial charge on any atom is -0.495 e. The summed E-state index contributed by atoms with van der Waals surface area (Å²) in [5.74, 6) is 3.27. The van der Waals surface area contributed by atoms with Crippen LogP contribution in [0.2, 0.25) is 0 Å². The molecule has 0 aliphatic heterocycles. The van der Waals surface area contributed by atoms with Gasteiger partial charge >= 0.3 is 0 Å². The van der Waals surface area contributed by atoms with Gasteiger partial charge in [-0.05, 0) is 98.8 Å². The SMILES string of the molecule is COc1cc2c(cc1NC(=O)C1(C)CC3CC(C)C[C@@H](C3)C1)CCCCC2. The predicted molar refractivity (Wildman–Crippen MR) is 110 cm³/mol. The topological polar surface area (TPSA) is 38.3 Å². The van der Waals surface area contributed by atoms with E-state index >= 15 is 0 Å². The van der Waals surface area contributed by atoms with Crippen molar-refractivity contribution in [1.29, 1.82) is 0 Å². The summed E-state index contributed by atoms with van der Waals surface area (Å²) in [6, 6.07) is 4.35. The first kappa shape index (κ1) is 18.8. The molecule has 3 aliphatic rings. The second-order valence-corrected chi connectivity index (χ2v) is 9.85. The number of benzene rings is 1. The summed E-state index contributed by atoms with van der Waals surface area (Å²) in [6.07, 6.45) is 12.0. The van der Waals surface area contributed by atoms with Crippen LogP contribution < -0.4 is 10.1 Å². The van der Waals surface area contributed by atoms with Gasteiger partial charge in [0.1, 0.15) is 5.75 Å². The zero-order valence-electron chi connectivity index (χ0n) is 17.3. The second-order valence-electron chi connectivity index (χ2n) is 9.85. The molecule has 27 heavy (non-hydrogen) atoms. The number of hydrogen-bond acceptors (Lipinski definition) is 2. The molecule has 1 amide bonds. The second kappa shape index (κ2) is 7.48. The van der Waals surface area contributed by atoms with Gasteiger partial charge in [0, 0.05) is 5.41 Å².